The average molecular weight is 287 g/mol. The van der Waals surface area contributed by atoms with E-state index >= 15 is 0 Å². The molecule has 0 aromatic carbocycles. The van der Waals surface area contributed by atoms with Gasteiger partial charge in [-0.1, -0.05) is 0 Å². The van der Waals surface area contributed by atoms with E-state index in [-0.39, 0.29) is 10.7 Å². The fourth-order valence-corrected chi connectivity index (χ4v) is 3.48. The second-order valence-corrected chi connectivity index (χ2v) is 6.89. The first-order chi connectivity index (χ1) is 8.88. The molecule has 3 N–H and O–H groups in total. The monoisotopic (exact) mass is 287 g/mol. The first-order valence-electron chi connectivity index (χ1n) is 6.36. The summed E-state index contributed by atoms with van der Waals surface area (Å²) in [6, 6.07) is 0. The maximum absolute atomic E-state index is 12.1. The molecule has 1 fully saturated rings. The summed E-state index contributed by atoms with van der Waals surface area (Å²) in [7, 11) is 0.170. The topological polar surface area (TPSA) is 93.2 Å². The van der Waals surface area contributed by atoms with E-state index in [0.717, 1.165) is 25.9 Å². The van der Waals surface area contributed by atoms with Gasteiger partial charge >= 0.3 is 0 Å². The second kappa shape index (κ2) is 5.48. The van der Waals surface area contributed by atoms with Crippen molar-refractivity contribution in [3.8, 4) is 0 Å². The highest BCUT2D eigenvalue weighted by Crippen LogP contribution is 2.18. The lowest BCUT2D eigenvalue weighted by molar-refractivity contribution is 0.220. The zero-order chi connectivity index (χ0) is 14.0. The molecule has 2 heterocycles. The van der Waals surface area contributed by atoms with E-state index in [2.05, 4.69) is 21.8 Å². The lowest BCUT2D eigenvalue weighted by Crippen LogP contribution is -2.36. The van der Waals surface area contributed by atoms with Crippen LogP contribution in [0.15, 0.2) is 11.1 Å². The molecule has 0 amide bonds. The highest BCUT2D eigenvalue weighted by Gasteiger charge is 2.23. The molecule has 2 rings (SSSR count). The van der Waals surface area contributed by atoms with Crippen LogP contribution in [0.4, 0.5) is 5.82 Å². The molecule has 7 nitrogen and oxygen atoms in total. The molecule has 108 valence electrons. The highest BCUT2D eigenvalue weighted by atomic mass is 32.2. The third kappa shape index (κ3) is 3.46. The minimum absolute atomic E-state index is 0.0402. The molecule has 0 aliphatic carbocycles. The van der Waals surface area contributed by atoms with E-state index in [0.29, 0.717) is 12.5 Å². The van der Waals surface area contributed by atoms with Crippen molar-refractivity contribution < 1.29 is 8.42 Å². The molecular formula is C11H21N5O2S. The van der Waals surface area contributed by atoms with Gasteiger partial charge in [0.2, 0.25) is 10.0 Å². The minimum Gasteiger partial charge on any atom is -0.381 e. The summed E-state index contributed by atoms with van der Waals surface area (Å²) in [6.45, 7) is 2.49. The van der Waals surface area contributed by atoms with Crippen molar-refractivity contribution in [1.82, 2.24) is 19.4 Å². The van der Waals surface area contributed by atoms with Gasteiger partial charge in [0.05, 0.1) is 0 Å². The molecule has 8 heteroatoms. The lowest BCUT2D eigenvalue weighted by atomic mass is 9.98. The van der Waals surface area contributed by atoms with E-state index in [1.165, 1.54) is 10.9 Å². The highest BCUT2D eigenvalue weighted by molar-refractivity contribution is 7.89. The molecule has 1 saturated heterocycles. The van der Waals surface area contributed by atoms with Gasteiger partial charge in [-0.25, -0.2) is 13.1 Å². The second-order valence-electron chi connectivity index (χ2n) is 5.15. The minimum atomic E-state index is -3.55. The maximum atomic E-state index is 12.1. The van der Waals surface area contributed by atoms with Crippen LogP contribution in [0, 0.1) is 5.92 Å². The molecule has 0 unspecified atom stereocenters. The number of likely N-dealkylation sites (tertiary alicyclic amines) is 1. The Hall–Kier alpha value is -1.12. The molecule has 0 saturated carbocycles. The summed E-state index contributed by atoms with van der Waals surface area (Å²) in [4.78, 5) is 2.31. The van der Waals surface area contributed by atoms with Crippen molar-refractivity contribution in [2.24, 2.45) is 13.0 Å². The van der Waals surface area contributed by atoms with Crippen molar-refractivity contribution in [3.05, 3.63) is 6.20 Å². The Morgan fingerprint density at radius 3 is 2.58 bits per heavy atom. The zero-order valence-electron chi connectivity index (χ0n) is 11.3. The Kier molecular flexibility index (Phi) is 4.12. The van der Waals surface area contributed by atoms with Gasteiger partial charge < -0.3 is 10.6 Å². The molecule has 0 spiro atoms. The number of nitrogens with zero attached hydrogens (tertiary/aromatic N) is 3. The lowest BCUT2D eigenvalue weighted by Gasteiger charge is -2.28. The number of piperidine rings is 1. The normalized spacial score (nSPS) is 18.8. The summed E-state index contributed by atoms with van der Waals surface area (Å²) < 4.78 is 28.3. The zero-order valence-corrected chi connectivity index (χ0v) is 12.2. The molecule has 1 aliphatic rings. The van der Waals surface area contributed by atoms with Crippen LogP contribution < -0.4 is 10.5 Å². The number of nitrogens with two attached hydrogens (primary N) is 1. The molecule has 1 aromatic heterocycles. The summed E-state index contributed by atoms with van der Waals surface area (Å²) >= 11 is 0. The van der Waals surface area contributed by atoms with Gasteiger partial charge in [-0.2, -0.15) is 5.10 Å². The van der Waals surface area contributed by atoms with Gasteiger partial charge in [-0.15, -0.1) is 0 Å². The van der Waals surface area contributed by atoms with Crippen LogP contribution in [-0.4, -0.2) is 49.8 Å². The van der Waals surface area contributed by atoms with E-state index in [4.69, 9.17) is 5.73 Å². The third-order valence-corrected chi connectivity index (χ3v) is 4.95. The van der Waals surface area contributed by atoms with Crippen LogP contribution >= 0.6 is 0 Å². The summed E-state index contributed by atoms with van der Waals surface area (Å²) in [6.07, 6.45) is 3.45. The Labute approximate surface area is 113 Å². The average Bonchev–Trinajstić information content (AvgIpc) is 2.69. The Balaban J connectivity index is 1.96. The van der Waals surface area contributed by atoms with Gasteiger partial charge in [0.25, 0.3) is 0 Å². The molecular weight excluding hydrogens is 266 g/mol. The number of sulfonamides is 1. The molecule has 1 aromatic rings. The molecule has 0 radical (unpaired) electrons. The van der Waals surface area contributed by atoms with E-state index < -0.39 is 10.0 Å². The van der Waals surface area contributed by atoms with E-state index in [1.54, 1.807) is 7.05 Å². The first-order valence-corrected chi connectivity index (χ1v) is 7.84. The van der Waals surface area contributed by atoms with Crippen LogP contribution in [0.25, 0.3) is 0 Å². The smallest absolute Gasteiger partial charge is 0.245 e. The predicted octanol–water partition coefficient (Wildman–Crippen LogP) is -0.378. The SMILES string of the molecule is CN1CCC(CNS(=O)(=O)c2cn(C)nc2N)CC1. The van der Waals surface area contributed by atoms with E-state index in [1.807, 2.05) is 0 Å². The van der Waals surface area contributed by atoms with Gasteiger partial charge in [0.1, 0.15) is 4.90 Å². The Morgan fingerprint density at radius 2 is 2.05 bits per heavy atom. The van der Waals surface area contributed by atoms with Crippen molar-refractivity contribution in [2.75, 3.05) is 32.4 Å². The van der Waals surface area contributed by atoms with Crippen LogP contribution in [0.5, 0.6) is 0 Å². The van der Waals surface area contributed by atoms with Crippen LogP contribution in [0.1, 0.15) is 12.8 Å². The molecule has 1 aliphatic heterocycles. The van der Waals surface area contributed by atoms with Crippen molar-refractivity contribution >= 4 is 15.8 Å². The standard InChI is InChI=1S/C11H21N5O2S/c1-15-5-3-9(4-6-15)7-13-19(17,18)10-8-16(2)14-11(10)12/h8-9,13H,3-7H2,1-2H3,(H2,12,14). The number of aryl methyl sites for hydroxylation is 1. The fraction of sp³-hybridized carbons (Fsp3) is 0.727. The largest absolute Gasteiger partial charge is 0.381 e. The van der Waals surface area contributed by atoms with E-state index in [9.17, 15) is 8.42 Å². The number of hydrogen-bond donors (Lipinski definition) is 2. The number of aromatic nitrogens is 2. The molecule has 19 heavy (non-hydrogen) atoms. The van der Waals surface area contributed by atoms with Gasteiger partial charge in [0, 0.05) is 19.8 Å². The number of anilines is 1. The van der Waals surface area contributed by atoms with Gasteiger partial charge in [-0.05, 0) is 38.9 Å². The number of nitrogens with one attached hydrogen (secondary N) is 1. The molecule has 0 bridgehead atoms. The number of hydrogen-bond acceptors (Lipinski definition) is 5. The molecule has 0 atom stereocenters. The third-order valence-electron chi connectivity index (χ3n) is 3.51. The summed E-state index contributed by atoms with van der Waals surface area (Å²) in [5, 5.41) is 3.85. The number of nitrogen functional groups attached to an aromatic ring is 1. The van der Waals surface area contributed by atoms with Gasteiger partial charge in [0.15, 0.2) is 5.82 Å². The Morgan fingerprint density at radius 1 is 1.42 bits per heavy atom. The predicted molar refractivity (Wildman–Crippen MR) is 73.0 cm³/mol. The van der Waals surface area contributed by atoms with Crippen LogP contribution in [0.2, 0.25) is 0 Å². The van der Waals surface area contributed by atoms with Gasteiger partial charge in [-0.3, -0.25) is 4.68 Å². The Bertz CT molecular complexity index is 531. The number of rotatable bonds is 4. The maximum Gasteiger partial charge on any atom is 0.245 e. The van der Waals surface area contributed by atoms with Crippen LogP contribution in [0.3, 0.4) is 0 Å². The first kappa shape index (κ1) is 14.3. The fourth-order valence-electron chi connectivity index (χ4n) is 2.26. The van der Waals surface area contributed by atoms with Crippen molar-refractivity contribution in [2.45, 2.75) is 17.7 Å². The summed E-state index contributed by atoms with van der Waals surface area (Å²) in [5.74, 6) is 0.433. The quantitative estimate of drug-likeness (QED) is 0.787. The van der Waals surface area contributed by atoms with Crippen molar-refractivity contribution in [3.63, 3.8) is 0 Å². The summed E-state index contributed by atoms with van der Waals surface area (Å²) in [5.41, 5.74) is 5.60. The van der Waals surface area contributed by atoms with Crippen molar-refractivity contribution in [1.29, 1.82) is 0 Å². The van der Waals surface area contributed by atoms with Crippen LogP contribution in [-0.2, 0) is 17.1 Å².